The van der Waals surface area contributed by atoms with E-state index in [0.717, 1.165) is 29.8 Å². The molecule has 45 heavy (non-hydrogen) atoms. The van der Waals surface area contributed by atoms with E-state index < -0.39 is 12.2 Å². The maximum Gasteiger partial charge on any atom is 0.332 e. The fourth-order valence-corrected chi connectivity index (χ4v) is 6.72. The highest BCUT2D eigenvalue weighted by molar-refractivity contribution is 5.91. The molecule has 4 amide bonds. The van der Waals surface area contributed by atoms with Crippen molar-refractivity contribution in [2.75, 3.05) is 37.6 Å². The van der Waals surface area contributed by atoms with Gasteiger partial charge in [-0.25, -0.2) is 4.79 Å². The predicted molar refractivity (Wildman–Crippen MR) is 172 cm³/mol. The highest BCUT2D eigenvalue weighted by Crippen LogP contribution is 2.31. The third-order valence-electron chi connectivity index (χ3n) is 8.95. The second-order valence-corrected chi connectivity index (χ2v) is 12.1. The molecule has 0 unspecified atom stereocenters. The van der Waals surface area contributed by atoms with Crippen molar-refractivity contribution in [2.45, 2.75) is 57.9 Å². The first-order chi connectivity index (χ1) is 21.9. The van der Waals surface area contributed by atoms with Gasteiger partial charge in [-0.15, -0.1) is 0 Å². The minimum Gasteiger partial charge on any atom is -0.508 e. The normalized spacial score (nSPS) is 20.1. The molecule has 3 saturated heterocycles. The molecule has 236 valence electrons. The molecular weight excluding hydrogens is 568 g/mol. The van der Waals surface area contributed by atoms with Crippen molar-refractivity contribution in [3.63, 3.8) is 0 Å². The number of carbonyl (C=O) groups excluding carboxylic acids is 3. The average molecular weight is 611 g/mol. The summed E-state index contributed by atoms with van der Waals surface area (Å²) in [6.45, 7) is 5.60. The Balaban J connectivity index is 1.28. The molecule has 0 spiro atoms. The molecule has 0 aliphatic carbocycles. The lowest BCUT2D eigenvalue weighted by molar-refractivity contribution is -0.157. The molecule has 0 saturated carbocycles. The first-order valence-electron chi connectivity index (χ1n) is 16.0. The Bertz CT molecular complexity index is 1490. The van der Waals surface area contributed by atoms with E-state index in [0.29, 0.717) is 32.5 Å². The third-order valence-corrected chi connectivity index (χ3v) is 8.95. The van der Waals surface area contributed by atoms with Crippen LogP contribution in [0, 0.1) is 0 Å². The molecule has 3 aliphatic rings. The van der Waals surface area contributed by atoms with Crippen LogP contribution in [0.1, 0.15) is 42.9 Å². The molecule has 0 radical (unpaired) electrons. The molecule has 2 N–H and O–H groups in total. The number of hydrazine groups is 1. The van der Waals surface area contributed by atoms with Crippen LogP contribution in [0.25, 0.3) is 0 Å². The third kappa shape index (κ3) is 6.76. The van der Waals surface area contributed by atoms with Gasteiger partial charge in [-0.3, -0.25) is 14.6 Å². The van der Waals surface area contributed by atoms with E-state index >= 15 is 0 Å². The van der Waals surface area contributed by atoms with Crippen LogP contribution < -0.4 is 10.2 Å². The number of benzene rings is 3. The zero-order valence-electron chi connectivity index (χ0n) is 25.8. The molecule has 2 atom stereocenters. The lowest BCUT2D eigenvalue weighted by atomic mass is 9.99. The number of phenols is 1. The maximum atomic E-state index is 14.2. The lowest BCUT2D eigenvalue weighted by Crippen LogP contribution is -2.66. The standard InChI is InChI=1S/C35H42N6O4/c1-2-17-39(35(45)36-22-27-9-4-3-5-10-27)40-25-33(43)41-31(21-26-13-15-30(42)16-14-26)34(44)38(24-32(40)41)23-28-11-8-12-29(20-28)37-18-6-7-19-37/h3-5,8-16,20,31-32,42H,2,6-7,17-19,21-25H2,1H3,(H,36,45)/t31-,32+/m0/s1. The Morgan fingerprint density at radius 3 is 2.40 bits per heavy atom. The van der Waals surface area contributed by atoms with Crippen LogP contribution in [0.5, 0.6) is 5.75 Å². The van der Waals surface area contributed by atoms with Crippen LogP contribution in [-0.4, -0.2) is 87.7 Å². The summed E-state index contributed by atoms with van der Waals surface area (Å²) in [7, 11) is 0. The van der Waals surface area contributed by atoms with Crippen LogP contribution in [0.3, 0.4) is 0 Å². The van der Waals surface area contributed by atoms with Crippen molar-refractivity contribution >= 4 is 23.5 Å². The Morgan fingerprint density at radius 2 is 1.67 bits per heavy atom. The quantitative estimate of drug-likeness (QED) is 0.361. The lowest BCUT2D eigenvalue weighted by Gasteiger charge is -2.46. The highest BCUT2D eigenvalue weighted by Gasteiger charge is 2.52. The molecule has 3 fully saturated rings. The first-order valence-corrected chi connectivity index (χ1v) is 16.0. The van der Waals surface area contributed by atoms with E-state index in [2.05, 4.69) is 22.3 Å². The monoisotopic (exact) mass is 610 g/mol. The van der Waals surface area contributed by atoms with Gasteiger partial charge in [0.05, 0.1) is 13.1 Å². The van der Waals surface area contributed by atoms with Gasteiger partial charge in [-0.1, -0.05) is 61.5 Å². The van der Waals surface area contributed by atoms with Crippen molar-refractivity contribution in [3.05, 3.63) is 95.6 Å². The zero-order valence-corrected chi connectivity index (χ0v) is 25.8. The largest absolute Gasteiger partial charge is 0.508 e. The molecule has 10 heteroatoms. The number of phenolic OH excluding ortho intramolecular Hbond substituents is 1. The van der Waals surface area contributed by atoms with E-state index in [4.69, 9.17) is 0 Å². The fraction of sp³-hybridized carbons (Fsp3) is 0.400. The Hall–Kier alpha value is -4.57. The van der Waals surface area contributed by atoms with Gasteiger partial charge in [0.15, 0.2) is 0 Å². The van der Waals surface area contributed by atoms with Gasteiger partial charge < -0.3 is 25.1 Å². The maximum absolute atomic E-state index is 14.2. The number of carbonyl (C=O) groups is 3. The summed E-state index contributed by atoms with van der Waals surface area (Å²) >= 11 is 0. The second kappa shape index (κ2) is 13.6. The number of rotatable bonds is 10. The van der Waals surface area contributed by atoms with Crippen LogP contribution in [0.4, 0.5) is 10.5 Å². The smallest absolute Gasteiger partial charge is 0.332 e. The van der Waals surface area contributed by atoms with Crippen molar-refractivity contribution in [2.24, 2.45) is 0 Å². The Labute approximate surface area is 264 Å². The molecule has 3 heterocycles. The molecule has 3 aliphatic heterocycles. The number of urea groups is 1. The fourth-order valence-electron chi connectivity index (χ4n) is 6.72. The second-order valence-electron chi connectivity index (χ2n) is 12.1. The van der Waals surface area contributed by atoms with Crippen LogP contribution in [-0.2, 0) is 29.1 Å². The van der Waals surface area contributed by atoms with E-state index in [-0.39, 0.29) is 36.7 Å². The van der Waals surface area contributed by atoms with Crippen LogP contribution in [0.15, 0.2) is 78.9 Å². The van der Waals surface area contributed by atoms with E-state index in [1.165, 1.54) is 18.5 Å². The zero-order chi connectivity index (χ0) is 31.3. The minimum absolute atomic E-state index is 0.0149. The summed E-state index contributed by atoms with van der Waals surface area (Å²) in [5, 5.41) is 16.3. The molecular formula is C35H42N6O4. The van der Waals surface area contributed by atoms with Crippen molar-refractivity contribution < 1.29 is 19.5 Å². The topological polar surface area (TPSA) is 99.7 Å². The summed E-state index contributed by atoms with van der Waals surface area (Å²) in [6.07, 6.45) is 2.89. The van der Waals surface area contributed by atoms with Gasteiger partial charge in [0.1, 0.15) is 18.0 Å². The average Bonchev–Trinajstić information content (AvgIpc) is 3.71. The van der Waals surface area contributed by atoms with Gasteiger partial charge in [0.25, 0.3) is 0 Å². The molecule has 0 aromatic heterocycles. The number of aromatic hydroxyl groups is 1. The summed E-state index contributed by atoms with van der Waals surface area (Å²) in [6, 6.07) is 23.9. The summed E-state index contributed by atoms with van der Waals surface area (Å²) in [5.41, 5.74) is 4.03. The van der Waals surface area contributed by atoms with E-state index in [1.54, 1.807) is 34.2 Å². The number of nitrogens with zero attached hydrogens (tertiary/aromatic N) is 5. The first kappa shape index (κ1) is 30.5. The van der Waals surface area contributed by atoms with Gasteiger partial charge >= 0.3 is 6.03 Å². The minimum atomic E-state index is -0.733. The van der Waals surface area contributed by atoms with E-state index in [1.807, 2.05) is 59.3 Å². The van der Waals surface area contributed by atoms with Crippen LogP contribution >= 0.6 is 0 Å². The number of hydrogen-bond acceptors (Lipinski definition) is 6. The molecule has 10 nitrogen and oxygen atoms in total. The molecule has 3 aromatic carbocycles. The van der Waals surface area contributed by atoms with Gasteiger partial charge in [0.2, 0.25) is 11.8 Å². The van der Waals surface area contributed by atoms with Crippen molar-refractivity contribution in [3.8, 4) is 5.75 Å². The van der Waals surface area contributed by atoms with Crippen LogP contribution in [0.2, 0.25) is 0 Å². The molecule has 0 bridgehead atoms. The highest BCUT2D eigenvalue weighted by atomic mass is 16.3. The summed E-state index contributed by atoms with van der Waals surface area (Å²) in [5.74, 6) is -0.146. The number of fused-ring (bicyclic) bond motifs is 1. The van der Waals surface area contributed by atoms with Gasteiger partial charge in [-0.05, 0) is 60.2 Å². The van der Waals surface area contributed by atoms with E-state index in [9.17, 15) is 19.5 Å². The Morgan fingerprint density at radius 1 is 0.933 bits per heavy atom. The number of amides is 4. The predicted octanol–water partition coefficient (Wildman–Crippen LogP) is 3.95. The van der Waals surface area contributed by atoms with Gasteiger partial charge in [0, 0.05) is 44.8 Å². The number of piperazine rings is 1. The molecule has 3 aromatic rings. The number of anilines is 1. The number of nitrogens with one attached hydrogen (secondary N) is 1. The van der Waals surface area contributed by atoms with Crippen molar-refractivity contribution in [1.82, 2.24) is 25.1 Å². The SMILES string of the molecule is CCCN(C(=O)NCc1ccccc1)N1CC(=O)N2[C@@H](Cc3ccc(O)cc3)C(=O)N(Cc3cccc(N4CCCC4)c3)C[C@@H]21. The number of hydrogen-bond donors (Lipinski definition) is 2. The summed E-state index contributed by atoms with van der Waals surface area (Å²) in [4.78, 5) is 47.4. The summed E-state index contributed by atoms with van der Waals surface area (Å²) < 4.78 is 0. The van der Waals surface area contributed by atoms with Crippen molar-refractivity contribution in [1.29, 1.82) is 0 Å². The Kier molecular flexibility index (Phi) is 9.21. The van der Waals surface area contributed by atoms with Gasteiger partial charge in [-0.2, -0.15) is 5.01 Å². The molecule has 6 rings (SSSR count).